The zero-order chi connectivity index (χ0) is 17.1. The minimum absolute atomic E-state index is 0.0571. The molecule has 1 atom stereocenters. The Kier molecular flexibility index (Phi) is 4.44. The highest BCUT2D eigenvalue weighted by Crippen LogP contribution is 2.34. The molecule has 2 N–H and O–H groups in total. The van der Waals surface area contributed by atoms with Crippen LogP contribution < -0.4 is 0 Å². The monoisotopic (exact) mass is 323 g/mol. The number of benzene rings is 2. The molecule has 0 radical (unpaired) electrons. The number of carboxylic acid groups (broad SMARTS) is 1. The third-order valence-electron chi connectivity index (χ3n) is 3.88. The Morgan fingerprint density at radius 2 is 1.67 bits per heavy atom. The summed E-state index contributed by atoms with van der Waals surface area (Å²) in [5.41, 5.74) is 2.94. The van der Waals surface area contributed by atoms with Crippen LogP contribution in [0.1, 0.15) is 27.9 Å². The van der Waals surface area contributed by atoms with Crippen LogP contribution >= 0.6 is 0 Å². The molecule has 0 bridgehead atoms. The zero-order valence-corrected chi connectivity index (χ0v) is 12.9. The van der Waals surface area contributed by atoms with Gasteiger partial charge in [-0.15, -0.1) is 0 Å². The molecule has 1 unspecified atom stereocenters. The summed E-state index contributed by atoms with van der Waals surface area (Å²) in [5, 5.41) is 18.8. The lowest BCUT2D eigenvalue weighted by Gasteiger charge is -2.21. The third-order valence-corrected chi connectivity index (χ3v) is 3.88. The summed E-state index contributed by atoms with van der Waals surface area (Å²) in [4.78, 5) is 24.9. The molecule has 2 aromatic rings. The lowest BCUT2D eigenvalue weighted by atomic mass is 10.1. The van der Waals surface area contributed by atoms with Crippen LogP contribution in [0.4, 0.5) is 0 Å². The predicted molar refractivity (Wildman–Crippen MR) is 90.1 cm³/mol. The summed E-state index contributed by atoms with van der Waals surface area (Å²) < 4.78 is 0. The summed E-state index contributed by atoms with van der Waals surface area (Å²) in [7, 11) is 0. The van der Waals surface area contributed by atoms with Gasteiger partial charge in [-0.25, -0.2) is 0 Å². The van der Waals surface area contributed by atoms with Crippen molar-refractivity contribution in [3.63, 3.8) is 0 Å². The highest BCUT2D eigenvalue weighted by Gasteiger charge is 2.33. The van der Waals surface area contributed by atoms with Crippen molar-refractivity contribution in [2.24, 2.45) is 0 Å². The van der Waals surface area contributed by atoms with Crippen LogP contribution in [-0.4, -0.2) is 39.6 Å². The maximum Gasteiger partial charge on any atom is 0.306 e. The number of fused-ring (bicyclic) bond motifs is 1. The SMILES string of the molecule is O=C(O)CC(O)CN1C(=O)c2ccccc2/C1=C/c1ccccc1. The number of aliphatic hydroxyl groups excluding tert-OH is 1. The number of amides is 1. The van der Waals surface area contributed by atoms with E-state index in [1.165, 1.54) is 4.90 Å². The van der Waals surface area contributed by atoms with Crippen molar-refractivity contribution in [3.05, 3.63) is 71.3 Å². The number of rotatable bonds is 5. The van der Waals surface area contributed by atoms with Gasteiger partial charge < -0.3 is 15.1 Å². The third kappa shape index (κ3) is 3.21. The summed E-state index contributed by atoms with van der Waals surface area (Å²) in [6.07, 6.45) is 0.343. The second kappa shape index (κ2) is 6.68. The zero-order valence-electron chi connectivity index (χ0n) is 12.9. The van der Waals surface area contributed by atoms with Crippen LogP contribution in [0.15, 0.2) is 54.6 Å². The molecule has 0 spiro atoms. The molecule has 2 aromatic carbocycles. The minimum atomic E-state index is -1.13. The van der Waals surface area contributed by atoms with Crippen LogP contribution in [0.2, 0.25) is 0 Å². The topological polar surface area (TPSA) is 77.8 Å². The summed E-state index contributed by atoms with van der Waals surface area (Å²) in [5.74, 6) is -1.32. The molecule has 122 valence electrons. The molecule has 5 heteroatoms. The van der Waals surface area contributed by atoms with Crippen LogP contribution in [-0.2, 0) is 4.79 Å². The molecule has 24 heavy (non-hydrogen) atoms. The molecule has 0 saturated carbocycles. The van der Waals surface area contributed by atoms with Gasteiger partial charge in [0.05, 0.1) is 24.8 Å². The van der Waals surface area contributed by atoms with E-state index in [0.29, 0.717) is 11.3 Å². The standard InChI is InChI=1S/C19H17NO4/c21-14(11-18(22)23)12-20-17(10-13-6-2-1-3-7-13)15-8-4-5-9-16(15)19(20)24/h1-10,14,21H,11-12H2,(H,22,23)/b17-10-. The van der Waals surface area contributed by atoms with Gasteiger partial charge in [-0.05, 0) is 17.7 Å². The maximum atomic E-state index is 12.6. The van der Waals surface area contributed by atoms with Crippen molar-refractivity contribution in [2.45, 2.75) is 12.5 Å². The smallest absolute Gasteiger partial charge is 0.306 e. The molecule has 0 saturated heterocycles. The van der Waals surface area contributed by atoms with E-state index >= 15 is 0 Å². The molecule has 1 amide bonds. The van der Waals surface area contributed by atoms with Crippen LogP contribution in [0.25, 0.3) is 11.8 Å². The molecular formula is C19H17NO4. The van der Waals surface area contributed by atoms with Crippen molar-refractivity contribution in [1.82, 2.24) is 4.90 Å². The van der Waals surface area contributed by atoms with Crippen molar-refractivity contribution in [1.29, 1.82) is 0 Å². The van der Waals surface area contributed by atoms with Gasteiger partial charge in [0.15, 0.2) is 0 Å². The van der Waals surface area contributed by atoms with E-state index in [2.05, 4.69) is 0 Å². The summed E-state index contributed by atoms with van der Waals surface area (Å²) in [6, 6.07) is 16.8. The van der Waals surface area contributed by atoms with Crippen LogP contribution in [0, 0.1) is 0 Å². The van der Waals surface area contributed by atoms with Crippen molar-refractivity contribution in [2.75, 3.05) is 6.54 Å². The molecule has 3 rings (SSSR count). The number of hydrogen-bond donors (Lipinski definition) is 2. The number of aliphatic hydroxyl groups is 1. The number of carboxylic acids is 1. The van der Waals surface area contributed by atoms with Crippen molar-refractivity contribution in [3.8, 4) is 0 Å². The molecule has 1 heterocycles. The van der Waals surface area contributed by atoms with Gasteiger partial charge in [-0.2, -0.15) is 0 Å². The van der Waals surface area contributed by atoms with Gasteiger partial charge in [-0.3, -0.25) is 9.59 Å². The van der Waals surface area contributed by atoms with E-state index in [4.69, 9.17) is 5.11 Å². The fraction of sp³-hybridized carbons (Fsp3) is 0.158. The molecule has 1 aliphatic rings. The Labute approximate surface area is 139 Å². The van der Waals surface area contributed by atoms with E-state index < -0.39 is 18.5 Å². The maximum absolute atomic E-state index is 12.6. The Morgan fingerprint density at radius 3 is 2.33 bits per heavy atom. The van der Waals surface area contributed by atoms with Gasteiger partial charge in [0, 0.05) is 11.1 Å². The van der Waals surface area contributed by atoms with E-state index in [0.717, 1.165) is 11.1 Å². The first kappa shape index (κ1) is 16.0. The number of hydrogen-bond acceptors (Lipinski definition) is 3. The molecular weight excluding hydrogens is 306 g/mol. The Bertz CT molecular complexity index is 798. The van der Waals surface area contributed by atoms with Crippen LogP contribution in [0.3, 0.4) is 0 Å². The van der Waals surface area contributed by atoms with Crippen molar-refractivity contribution < 1.29 is 19.8 Å². The second-order valence-electron chi connectivity index (χ2n) is 5.65. The average molecular weight is 323 g/mol. The Hall–Kier alpha value is -2.92. The van der Waals surface area contributed by atoms with Gasteiger partial charge in [0.25, 0.3) is 5.91 Å². The van der Waals surface area contributed by atoms with E-state index in [-0.39, 0.29) is 12.5 Å². The number of aliphatic carboxylic acids is 1. The lowest BCUT2D eigenvalue weighted by molar-refractivity contribution is -0.139. The number of carbonyl (C=O) groups is 2. The highest BCUT2D eigenvalue weighted by molar-refractivity contribution is 6.11. The fourth-order valence-electron chi connectivity index (χ4n) is 2.81. The molecule has 0 aromatic heterocycles. The van der Waals surface area contributed by atoms with Gasteiger partial charge in [0.1, 0.15) is 0 Å². The average Bonchev–Trinajstić information content (AvgIpc) is 2.81. The minimum Gasteiger partial charge on any atom is -0.481 e. The molecule has 0 aliphatic carbocycles. The lowest BCUT2D eigenvalue weighted by Crippen LogP contribution is -2.33. The van der Waals surface area contributed by atoms with E-state index in [1.807, 2.05) is 48.5 Å². The highest BCUT2D eigenvalue weighted by atomic mass is 16.4. The largest absolute Gasteiger partial charge is 0.481 e. The van der Waals surface area contributed by atoms with E-state index in [9.17, 15) is 14.7 Å². The first-order chi connectivity index (χ1) is 11.6. The van der Waals surface area contributed by atoms with Gasteiger partial charge in [-0.1, -0.05) is 48.5 Å². The van der Waals surface area contributed by atoms with Crippen LogP contribution in [0.5, 0.6) is 0 Å². The number of nitrogens with zero attached hydrogens (tertiary/aromatic N) is 1. The second-order valence-corrected chi connectivity index (χ2v) is 5.65. The fourth-order valence-corrected chi connectivity index (χ4v) is 2.81. The normalized spacial score (nSPS) is 16.3. The number of β-amino-alcohol motifs (C(OH)–C–C–N with tert-alkyl or cyclic N) is 1. The Balaban J connectivity index is 1.99. The van der Waals surface area contributed by atoms with Crippen molar-refractivity contribution >= 4 is 23.6 Å². The molecule has 0 fully saturated rings. The number of carbonyl (C=O) groups excluding carboxylic acids is 1. The molecule has 1 aliphatic heterocycles. The first-order valence-electron chi connectivity index (χ1n) is 7.64. The predicted octanol–water partition coefficient (Wildman–Crippen LogP) is 2.48. The first-order valence-corrected chi connectivity index (χ1v) is 7.64. The van der Waals surface area contributed by atoms with E-state index in [1.54, 1.807) is 12.1 Å². The Morgan fingerprint density at radius 1 is 1.04 bits per heavy atom. The summed E-state index contributed by atoms with van der Waals surface area (Å²) in [6.45, 7) is -0.0571. The van der Waals surface area contributed by atoms with Gasteiger partial charge >= 0.3 is 5.97 Å². The quantitative estimate of drug-likeness (QED) is 0.886. The summed E-state index contributed by atoms with van der Waals surface area (Å²) >= 11 is 0. The molecule has 5 nitrogen and oxygen atoms in total. The van der Waals surface area contributed by atoms with Gasteiger partial charge in [0.2, 0.25) is 0 Å².